The zero-order valence-corrected chi connectivity index (χ0v) is 12.8. The minimum absolute atomic E-state index is 0.0212. The van der Waals surface area contributed by atoms with Crippen molar-refractivity contribution in [3.63, 3.8) is 0 Å². The second kappa shape index (κ2) is 9.05. The van der Waals surface area contributed by atoms with Crippen LogP contribution in [-0.4, -0.2) is 36.8 Å². The molecule has 0 spiro atoms. The highest BCUT2D eigenvalue weighted by Crippen LogP contribution is 2.19. The van der Waals surface area contributed by atoms with Gasteiger partial charge in [-0.15, -0.1) is 0 Å². The Balaban J connectivity index is 0.00000106. The number of hydrogen-bond acceptors (Lipinski definition) is 2. The molecule has 120 valence electrons. The maximum Gasteiger partial charge on any atom is 0.390 e. The van der Waals surface area contributed by atoms with Crippen molar-refractivity contribution in [1.29, 1.82) is 0 Å². The highest BCUT2D eigenvalue weighted by molar-refractivity contribution is 5.14. The molecule has 1 fully saturated rings. The molecular formula is C16H25F3N2. The van der Waals surface area contributed by atoms with Crippen molar-refractivity contribution >= 4 is 0 Å². The molecular weight excluding hydrogens is 277 g/mol. The average molecular weight is 302 g/mol. The highest BCUT2D eigenvalue weighted by atomic mass is 19.4. The summed E-state index contributed by atoms with van der Waals surface area (Å²) >= 11 is 0. The summed E-state index contributed by atoms with van der Waals surface area (Å²) in [4.78, 5) is 2.28. The van der Waals surface area contributed by atoms with Crippen LogP contribution in [0.15, 0.2) is 30.3 Å². The fourth-order valence-corrected chi connectivity index (χ4v) is 2.40. The van der Waals surface area contributed by atoms with Crippen LogP contribution in [0.5, 0.6) is 0 Å². The van der Waals surface area contributed by atoms with Crippen LogP contribution in [0.1, 0.15) is 32.3 Å². The van der Waals surface area contributed by atoms with E-state index in [1.54, 1.807) is 0 Å². The lowest BCUT2D eigenvalue weighted by Gasteiger charge is -2.17. The third kappa shape index (κ3) is 7.48. The van der Waals surface area contributed by atoms with E-state index in [0.29, 0.717) is 0 Å². The lowest BCUT2D eigenvalue weighted by Crippen LogP contribution is -2.34. The van der Waals surface area contributed by atoms with E-state index in [1.165, 1.54) is 5.56 Å². The van der Waals surface area contributed by atoms with Gasteiger partial charge in [-0.3, -0.25) is 4.90 Å². The first kappa shape index (κ1) is 18.0. The van der Waals surface area contributed by atoms with Crippen LogP contribution in [0.4, 0.5) is 13.2 Å². The van der Waals surface area contributed by atoms with Gasteiger partial charge in [-0.1, -0.05) is 44.2 Å². The molecule has 0 radical (unpaired) electrons. The molecule has 0 aromatic heterocycles. The van der Waals surface area contributed by atoms with E-state index in [0.717, 1.165) is 26.1 Å². The molecule has 0 aliphatic carbocycles. The molecule has 0 amide bonds. The predicted octanol–water partition coefficient (Wildman–Crippen LogP) is 3.83. The Hall–Kier alpha value is -1.07. The van der Waals surface area contributed by atoms with Crippen molar-refractivity contribution in [1.82, 2.24) is 10.2 Å². The fraction of sp³-hybridized carbons (Fsp3) is 0.625. The summed E-state index contributed by atoms with van der Waals surface area (Å²) in [6.07, 6.45) is -3.89. The zero-order chi connectivity index (χ0) is 15.7. The van der Waals surface area contributed by atoms with Crippen LogP contribution in [0.25, 0.3) is 0 Å². The van der Waals surface area contributed by atoms with Gasteiger partial charge < -0.3 is 5.32 Å². The number of nitrogens with one attached hydrogen (secondary N) is 1. The van der Waals surface area contributed by atoms with Crippen molar-refractivity contribution in [2.45, 2.75) is 45.5 Å². The molecule has 2 rings (SSSR count). The normalized spacial score (nSPS) is 19.2. The summed E-state index contributed by atoms with van der Waals surface area (Å²) in [6, 6.07) is 10.3. The molecule has 1 heterocycles. The molecule has 5 heteroatoms. The molecule has 0 saturated carbocycles. The third-order valence-electron chi connectivity index (χ3n) is 3.36. The van der Waals surface area contributed by atoms with Crippen LogP contribution in [-0.2, 0) is 6.54 Å². The Morgan fingerprint density at radius 1 is 1.19 bits per heavy atom. The zero-order valence-electron chi connectivity index (χ0n) is 12.8. The Morgan fingerprint density at radius 2 is 1.86 bits per heavy atom. The summed E-state index contributed by atoms with van der Waals surface area (Å²) in [5.74, 6) is 0. The van der Waals surface area contributed by atoms with Crippen molar-refractivity contribution < 1.29 is 13.2 Å². The molecule has 1 aliphatic heterocycles. The van der Waals surface area contributed by atoms with Crippen LogP contribution in [0.3, 0.4) is 0 Å². The molecule has 1 aromatic rings. The topological polar surface area (TPSA) is 15.3 Å². The first-order valence-electron chi connectivity index (χ1n) is 7.59. The van der Waals surface area contributed by atoms with Gasteiger partial charge in [0.25, 0.3) is 0 Å². The van der Waals surface area contributed by atoms with Gasteiger partial charge in [0.1, 0.15) is 0 Å². The maximum absolute atomic E-state index is 12.0. The average Bonchev–Trinajstić information content (AvgIpc) is 2.88. The van der Waals surface area contributed by atoms with Gasteiger partial charge in [-0.05, 0) is 12.0 Å². The fourth-order valence-electron chi connectivity index (χ4n) is 2.40. The van der Waals surface area contributed by atoms with Crippen LogP contribution in [0.2, 0.25) is 0 Å². The van der Waals surface area contributed by atoms with Gasteiger partial charge in [0.15, 0.2) is 0 Å². The van der Waals surface area contributed by atoms with E-state index in [2.05, 4.69) is 22.3 Å². The van der Waals surface area contributed by atoms with Crippen molar-refractivity contribution in [3.8, 4) is 0 Å². The summed E-state index contributed by atoms with van der Waals surface area (Å²) in [5, 5.41) is 2.99. The Morgan fingerprint density at radius 3 is 2.48 bits per heavy atom. The van der Waals surface area contributed by atoms with E-state index in [4.69, 9.17) is 0 Å². The van der Waals surface area contributed by atoms with E-state index in [1.807, 2.05) is 32.0 Å². The van der Waals surface area contributed by atoms with Crippen LogP contribution < -0.4 is 5.32 Å². The van der Waals surface area contributed by atoms with E-state index >= 15 is 0 Å². The number of alkyl halides is 3. The van der Waals surface area contributed by atoms with Gasteiger partial charge in [-0.2, -0.15) is 13.2 Å². The number of halogens is 3. The first-order chi connectivity index (χ1) is 10.0. The molecule has 1 atom stereocenters. The van der Waals surface area contributed by atoms with Gasteiger partial charge in [-0.25, -0.2) is 0 Å². The quantitative estimate of drug-likeness (QED) is 0.889. The number of nitrogens with zero attached hydrogens (tertiary/aromatic N) is 1. The number of hydrogen-bond donors (Lipinski definition) is 1. The molecule has 0 bridgehead atoms. The lowest BCUT2D eigenvalue weighted by molar-refractivity contribution is -0.133. The van der Waals surface area contributed by atoms with Gasteiger partial charge in [0.05, 0.1) is 6.42 Å². The van der Waals surface area contributed by atoms with E-state index in [-0.39, 0.29) is 12.6 Å². The molecule has 1 unspecified atom stereocenters. The number of rotatable bonds is 5. The van der Waals surface area contributed by atoms with Gasteiger partial charge in [0.2, 0.25) is 0 Å². The highest BCUT2D eigenvalue weighted by Gasteiger charge is 2.28. The summed E-state index contributed by atoms with van der Waals surface area (Å²) in [6.45, 7) is 6.66. The largest absolute Gasteiger partial charge is 0.390 e. The molecule has 1 saturated heterocycles. The molecule has 2 nitrogen and oxygen atoms in total. The van der Waals surface area contributed by atoms with Gasteiger partial charge >= 0.3 is 6.18 Å². The molecule has 1 aliphatic rings. The van der Waals surface area contributed by atoms with E-state index in [9.17, 15) is 13.2 Å². The van der Waals surface area contributed by atoms with E-state index < -0.39 is 12.6 Å². The van der Waals surface area contributed by atoms with Gasteiger partial charge in [0, 0.05) is 32.2 Å². The molecule has 1 aromatic carbocycles. The Labute approximate surface area is 125 Å². The minimum atomic E-state index is -4.06. The van der Waals surface area contributed by atoms with Crippen molar-refractivity contribution in [3.05, 3.63) is 35.9 Å². The lowest BCUT2D eigenvalue weighted by atomic mass is 10.2. The third-order valence-corrected chi connectivity index (χ3v) is 3.36. The first-order valence-corrected chi connectivity index (χ1v) is 7.59. The Kier molecular flexibility index (Phi) is 7.75. The SMILES string of the molecule is CC.FC(F)(F)CCNC1CCN(Cc2ccccc2)C1. The smallest absolute Gasteiger partial charge is 0.312 e. The summed E-state index contributed by atoms with van der Waals surface area (Å²) < 4.78 is 36.1. The standard InChI is InChI=1S/C14H19F3N2.C2H6/c15-14(16,17)7-8-18-13-6-9-19(11-13)10-12-4-2-1-3-5-12;1-2/h1-5,13,18H,6-11H2;1-2H3. The number of likely N-dealkylation sites (tertiary alicyclic amines) is 1. The maximum atomic E-state index is 12.0. The number of benzene rings is 1. The van der Waals surface area contributed by atoms with Crippen LogP contribution in [0, 0.1) is 0 Å². The van der Waals surface area contributed by atoms with Crippen molar-refractivity contribution in [2.75, 3.05) is 19.6 Å². The second-order valence-corrected chi connectivity index (χ2v) is 5.03. The molecule has 21 heavy (non-hydrogen) atoms. The second-order valence-electron chi connectivity index (χ2n) is 5.03. The summed E-state index contributed by atoms with van der Waals surface area (Å²) in [5.41, 5.74) is 1.25. The molecule has 1 N–H and O–H groups in total. The van der Waals surface area contributed by atoms with Crippen molar-refractivity contribution in [2.24, 2.45) is 0 Å². The monoisotopic (exact) mass is 302 g/mol. The van der Waals surface area contributed by atoms with Crippen LogP contribution >= 0.6 is 0 Å². The predicted molar refractivity (Wildman–Crippen MR) is 80.1 cm³/mol. The Bertz CT molecular complexity index is 379. The summed E-state index contributed by atoms with van der Waals surface area (Å²) in [7, 11) is 0. The minimum Gasteiger partial charge on any atom is -0.312 e.